The average molecular weight is 355 g/mol. The molecule has 0 atom stereocenters. The van der Waals surface area contributed by atoms with Crippen molar-refractivity contribution in [3.63, 3.8) is 0 Å². The van der Waals surface area contributed by atoms with Crippen molar-refractivity contribution in [2.24, 2.45) is 0 Å². The molecule has 3 rings (SSSR count). The second-order valence-electron chi connectivity index (χ2n) is 5.97. The molecule has 26 heavy (non-hydrogen) atoms. The van der Waals surface area contributed by atoms with Crippen LogP contribution in [0.25, 0.3) is 6.08 Å². The fraction of sp³-hybridized carbons (Fsp3) is 0.211. The predicted molar refractivity (Wildman–Crippen MR) is 97.3 cm³/mol. The molecule has 1 saturated heterocycles. The largest absolute Gasteiger partial charge is 0.368 e. The van der Waals surface area contributed by atoms with Gasteiger partial charge in [-0.15, -0.1) is 0 Å². The van der Waals surface area contributed by atoms with E-state index < -0.39 is 4.92 Å². The van der Waals surface area contributed by atoms with Crippen LogP contribution in [0.1, 0.15) is 5.56 Å². The molecule has 1 aliphatic rings. The molecule has 1 fully saturated rings. The van der Waals surface area contributed by atoms with Crippen LogP contribution in [-0.2, 0) is 4.79 Å². The van der Waals surface area contributed by atoms with Crippen LogP contribution < -0.4 is 4.90 Å². The van der Waals surface area contributed by atoms with E-state index in [1.165, 1.54) is 30.3 Å². The molecule has 1 aliphatic heterocycles. The standard InChI is InChI=1S/C19H18FN3O3/c20-16-4-8-17(9-5-16)21-11-13-22(14-12-21)19(24)10-3-15-1-6-18(7-2-15)23(25)26/h1-10H,11-14H2/b10-3+. The summed E-state index contributed by atoms with van der Waals surface area (Å²) in [5, 5.41) is 10.6. The zero-order valence-corrected chi connectivity index (χ0v) is 14.0. The Labute approximate surface area is 150 Å². The van der Waals surface area contributed by atoms with Crippen molar-refractivity contribution >= 4 is 23.4 Å². The Morgan fingerprint density at radius 1 is 1.00 bits per heavy atom. The van der Waals surface area contributed by atoms with Crippen molar-refractivity contribution in [3.05, 3.63) is 76.1 Å². The molecular weight excluding hydrogens is 337 g/mol. The first-order valence-electron chi connectivity index (χ1n) is 8.25. The van der Waals surface area contributed by atoms with E-state index in [2.05, 4.69) is 4.90 Å². The average Bonchev–Trinajstić information content (AvgIpc) is 2.67. The van der Waals surface area contributed by atoms with Gasteiger partial charge in [0.25, 0.3) is 5.69 Å². The second-order valence-corrected chi connectivity index (χ2v) is 5.97. The molecule has 7 heteroatoms. The number of carbonyl (C=O) groups excluding carboxylic acids is 1. The molecule has 2 aromatic carbocycles. The van der Waals surface area contributed by atoms with Gasteiger partial charge in [0.1, 0.15) is 5.82 Å². The molecule has 0 aromatic heterocycles. The van der Waals surface area contributed by atoms with Crippen LogP contribution in [-0.4, -0.2) is 41.9 Å². The highest BCUT2D eigenvalue weighted by atomic mass is 19.1. The fourth-order valence-corrected chi connectivity index (χ4v) is 2.82. The van der Waals surface area contributed by atoms with Crippen LogP contribution in [0.4, 0.5) is 15.8 Å². The molecule has 0 N–H and O–H groups in total. The minimum atomic E-state index is -0.459. The van der Waals surface area contributed by atoms with E-state index in [-0.39, 0.29) is 17.4 Å². The molecule has 0 saturated carbocycles. The molecule has 0 aliphatic carbocycles. The molecular formula is C19H18FN3O3. The molecule has 2 aromatic rings. The van der Waals surface area contributed by atoms with Gasteiger partial charge >= 0.3 is 0 Å². The minimum Gasteiger partial charge on any atom is -0.368 e. The number of rotatable bonds is 4. The topological polar surface area (TPSA) is 66.7 Å². The summed E-state index contributed by atoms with van der Waals surface area (Å²) in [5.41, 5.74) is 1.69. The monoisotopic (exact) mass is 355 g/mol. The Hall–Kier alpha value is -3.22. The lowest BCUT2D eigenvalue weighted by Crippen LogP contribution is -2.48. The second kappa shape index (κ2) is 7.77. The van der Waals surface area contributed by atoms with Crippen molar-refractivity contribution in [2.75, 3.05) is 31.1 Å². The van der Waals surface area contributed by atoms with Crippen LogP contribution in [0.5, 0.6) is 0 Å². The number of non-ortho nitro benzene ring substituents is 1. The molecule has 1 amide bonds. The first-order chi connectivity index (χ1) is 12.5. The number of piperazine rings is 1. The molecule has 0 unspecified atom stereocenters. The van der Waals surface area contributed by atoms with Crippen LogP contribution in [0, 0.1) is 15.9 Å². The lowest BCUT2D eigenvalue weighted by Gasteiger charge is -2.35. The van der Waals surface area contributed by atoms with Crippen LogP contribution in [0.15, 0.2) is 54.6 Å². The smallest absolute Gasteiger partial charge is 0.269 e. The van der Waals surface area contributed by atoms with Crippen LogP contribution >= 0.6 is 0 Å². The van der Waals surface area contributed by atoms with Crippen molar-refractivity contribution in [1.29, 1.82) is 0 Å². The summed E-state index contributed by atoms with van der Waals surface area (Å²) in [4.78, 5) is 26.3. The number of halogens is 1. The quantitative estimate of drug-likeness (QED) is 0.480. The van der Waals surface area contributed by atoms with Gasteiger partial charge in [0, 0.05) is 50.1 Å². The van der Waals surface area contributed by atoms with E-state index in [0.717, 1.165) is 11.3 Å². The summed E-state index contributed by atoms with van der Waals surface area (Å²) in [6, 6.07) is 12.4. The van der Waals surface area contributed by atoms with Gasteiger partial charge in [-0.2, -0.15) is 0 Å². The van der Waals surface area contributed by atoms with E-state index in [0.29, 0.717) is 26.2 Å². The van der Waals surface area contributed by atoms with Gasteiger partial charge in [-0.05, 0) is 48.0 Å². The maximum atomic E-state index is 13.0. The summed E-state index contributed by atoms with van der Waals surface area (Å²) < 4.78 is 13.0. The summed E-state index contributed by atoms with van der Waals surface area (Å²) in [5.74, 6) is -0.360. The molecule has 0 spiro atoms. The number of nitrogens with zero attached hydrogens (tertiary/aromatic N) is 3. The van der Waals surface area contributed by atoms with Gasteiger partial charge in [0.05, 0.1) is 4.92 Å². The zero-order chi connectivity index (χ0) is 18.5. The molecule has 134 valence electrons. The van der Waals surface area contributed by atoms with Gasteiger partial charge in [0.2, 0.25) is 5.91 Å². The van der Waals surface area contributed by atoms with Crippen molar-refractivity contribution in [1.82, 2.24) is 4.90 Å². The number of nitro benzene ring substituents is 1. The highest BCUT2D eigenvalue weighted by Gasteiger charge is 2.19. The molecule has 1 heterocycles. The zero-order valence-electron chi connectivity index (χ0n) is 14.0. The lowest BCUT2D eigenvalue weighted by molar-refractivity contribution is -0.384. The van der Waals surface area contributed by atoms with Gasteiger partial charge in [-0.1, -0.05) is 0 Å². The Morgan fingerprint density at radius 2 is 1.62 bits per heavy atom. The third-order valence-electron chi connectivity index (χ3n) is 4.31. The highest BCUT2D eigenvalue weighted by Crippen LogP contribution is 2.17. The van der Waals surface area contributed by atoms with E-state index in [4.69, 9.17) is 0 Å². The van der Waals surface area contributed by atoms with E-state index in [1.54, 1.807) is 35.2 Å². The summed E-state index contributed by atoms with van der Waals surface area (Å²) in [6.45, 7) is 2.53. The highest BCUT2D eigenvalue weighted by molar-refractivity contribution is 5.92. The third kappa shape index (κ3) is 4.24. The van der Waals surface area contributed by atoms with Crippen LogP contribution in [0.3, 0.4) is 0 Å². The summed E-state index contributed by atoms with van der Waals surface area (Å²) in [7, 11) is 0. The van der Waals surface area contributed by atoms with Crippen LogP contribution in [0.2, 0.25) is 0 Å². The lowest BCUT2D eigenvalue weighted by atomic mass is 10.2. The minimum absolute atomic E-state index is 0.0189. The van der Waals surface area contributed by atoms with Gasteiger partial charge in [-0.25, -0.2) is 4.39 Å². The van der Waals surface area contributed by atoms with Gasteiger partial charge in [0.15, 0.2) is 0 Å². The first kappa shape index (κ1) is 17.6. The van der Waals surface area contributed by atoms with Gasteiger partial charge in [-0.3, -0.25) is 14.9 Å². The Balaban J connectivity index is 1.54. The van der Waals surface area contributed by atoms with E-state index in [9.17, 15) is 19.3 Å². The number of carbonyl (C=O) groups is 1. The number of anilines is 1. The van der Waals surface area contributed by atoms with Gasteiger partial charge < -0.3 is 9.80 Å². The van der Waals surface area contributed by atoms with Crippen molar-refractivity contribution < 1.29 is 14.1 Å². The fourth-order valence-electron chi connectivity index (χ4n) is 2.82. The molecule has 0 bridgehead atoms. The van der Waals surface area contributed by atoms with E-state index >= 15 is 0 Å². The first-order valence-corrected chi connectivity index (χ1v) is 8.25. The van der Waals surface area contributed by atoms with Crippen molar-refractivity contribution in [2.45, 2.75) is 0 Å². The van der Waals surface area contributed by atoms with E-state index in [1.807, 2.05) is 0 Å². The number of amides is 1. The Kier molecular flexibility index (Phi) is 5.26. The Morgan fingerprint density at radius 3 is 2.19 bits per heavy atom. The maximum Gasteiger partial charge on any atom is 0.269 e. The van der Waals surface area contributed by atoms with Crippen molar-refractivity contribution in [3.8, 4) is 0 Å². The normalized spacial score (nSPS) is 14.7. The summed E-state index contributed by atoms with van der Waals surface area (Å²) >= 11 is 0. The number of nitro groups is 1. The number of hydrogen-bond donors (Lipinski definition) is 0. The molecule has 0 radical (unpaired) electrons. The summed E-state index contributed by atoms with van der Waals surface area (Å²) in [6.07, 6.45) is 3.13. The predicted octanol–water partition coefficient (Wildman–Crippen LogP) is 3.10. The number of benzene rings is 2. The Bertz CT molecular complexity index is 811. The SMILES string of the molecule is O=C(/C=C/c1ccc([N+](=O)[O-])cc1)N1CCN(c2ccc(F)cc2)CC1. The number of hydrogen-bond acceptors (Lipinski definition) is 4. The molecule has 6 nitrogen and oxygen atoms in total. The maximum absolute atomic E-state index is 13.0. The third-order valence-corrected chi connectivity index (χ3v) is 4.31.